The first-order chi connectivity index (χ1) is 6.79. The van der Waals surface area contributed by atoms with Gasteiger partial charge in [0.2, 0.25) is 0 Å². The van der Waals surface area contributed by atoms with E-state index in [1.165, 1.54) is 12.8 Å². The Morgan fingerprint density at radius 1 is 1.29 bits per heavy atom. The summed E-state index contributed by atoms with van der Waals surface area (Å²) in [6.45, 7) is 3.35. The number of para-hydroxylation sites is 1. The van der Waals surface area contributed by atoms with E-state index in [-0.39, 0.29) is 6.61 Å². The number of anilines is 1. The second-order valence-electron chi connectivity index (χ2n) is 3.56. The molecule has 0 aliphatic rings. The first-order valence-electron chi connectivity index (χ1n) is 5.19. The van der Waals surface area contributed by atoms with Gasteiger partial charge in [0.1, 0.15) is 0 Å². The fourth-order valence-corrected chi connectivity index (χ4v) is 1.53. The monoisotopic (exact) mass is 193 g/mol. The van der Waals surface area contributed by atoms with Gasteiger partial charge in [0.05, 0.1) is 6.61 Å². The van der Waals surface area contributed by atoms with Crippen molar-refractivity contribution in [3.05, 3.63) is 29.8 Å². The highest BCUT2D eigenvalue weighted by Gasteiger charge is 2.04. The molecule has 0 aromatic heterocycles. The molecular formula is C12H19NO. The number of hydrogen-bond donors (Lipinski definition) is 1. The van der Waals surface area contributed by atoms with Crippen molar-refractivity contribution in [3.63, 3.8) is 0 Å². The lowest BCUT2D eigenvalue weighted by atomic mass is 10.1. The van der Waals surface area contributed by atoms with Crippen LogP contribution in [-0.4, -0.2) is 18.7 Å². The standard InChI is InChI=1S/C12H19NO/c1-3-4-9-13(2)12-8-6-5-7-11(12)10-14/h5-8,14H,3-4,9-10H2,1-2H3. The Kier molecular flexibility index (Phi) is 4.47. The molecule has 0 radical (unpaired) electrons. The average molecular weight is 193 g/mol. The van der Waals surface area contributed by atoms with Crippen LogP contribution in [0.2, 0.25) is 0 Å². The van der Waals surface area contributed by atoms with Crippen LogP contribution in [0.1, 0.15) is 25.3 Å². The van der Waals surface area contributed by atoms with Crippen molar-refractivity contribution in [2.45, 2.75) is 26.4 Å². The van der Waals surface area contributed by atoms with Crippen molar-refractivity contribution >= 4 is 5.69 Å². The van der Waals surface area contributed by atoms with Crippen LogP contribution in [0.5, 0.6) is 0 Å². The molecule has 0 aliphatic heterocycles. The number of unbranched alkanes of at least 4 members (excludes halogenated alkanes) is 1. The number of hydrogen-bond acceptors (Lipinski definition) is 2. The summed E-state index contributed by atoms with van der Waals surface area (Å²) in [5.41, 5.74) is 2.15. The second-order valence-corrected chi connectivity index (χ2v) is 3.56. The maximum atomic E-state index is 9.17. The average Bonchev–Trinajstić information content (AvgIpc) is 2.25. The number of aliphatic hydroxyl groups excluding tert-OH is 1. The second kappa shape index (κ2) is 5.66. The van der Waals surface area contributed by atoms with Gasteiger partial charge in [0.15, 0.2) is 0 Å². The van der Waals surface area contributed by atoms with Gasteiger partial charge in [0, 0.05) is 24.8 Å². The molecule has 0 unspecified atom stereocenters. The van der Waals surface area contributed by atoms with Gasteiger partial charge in [-0.2, -0.15) is 0 Å². The molecule has 78 valence electrons. The predicted molar refractivity (Wildman–Crippen MR) is 60.5 cm³/mol. The van der Waals surface area contributed by atoms with E-state index in [0.29, 0.717) is 0 Å². The van der Waals surface area contributed by atoms with Crippen LogP contribution in [0.15, 0.2) is 24.3 Å². The molecule has 0 fully saturated rings. The van der Waals surface area contributed by atoms with Crippen LogP contribution in [0.3, 0.4) is 0 Å². The molecular weight excluding hydrogens is 174 g/mol. The fourth-order valence-electron chi connectivity index (χ4n) is 1.53. The molecule has 14 heavy (non-hydrogen) atoms. The van der Waals surface area contributed by atoms with Crippen molar-refractivity contribution in [1.82, 2.24) is 0 Å². The van der Waals surface area contributed by atoms with Crippen molar-refractivity contribution < 1.29 is 5.11 Å². The molecule has 0 amide bonds. The number of aliphatic hydroxyl groups is 1. The number of rotatable bonds is 5. The molecule has 0 spiro atoms. The molecule has 0 heterocycles. The zero-order valence-electron chi connectivity index (χ0n) is 9.03. The minimum atomic E-state index is 0.118. The van der Waals surface area contributed by atoms with E-state index in [1.54, 1.807) is 0 Å². The third-order valence-electron chi connectivity index (χ3n) is 2.42. The van der Waals surface area contributed by atoms with Gasteiger partial charge in [-0.15, -0.1) is 0 Å². The van der Waals surface area contributed by atoms with Crippen LogP contribution < -0.4 is 4.90 Å². The highest BCUT2D eigenvalue weighted by molar-refractivity contribution is 5.52. The summed E-state index contributed by atoms with van der Waals surface area (Å²) >= 11 is 0. The Hall–Kier alpha value is -1.02. The molecule has 0 saturated heterocycles. The fraction of sp³-hybridized carbons (Fsp3) is 0.500. The van der Waals surface area contributed by atoms with E-state index in [1.807, 2.05) is 18.2 Å². The van der Waals surface area contributed by atoms with Crippen molar-refractivity contribution in [1.29, 1.82) is 0 Å². The maximum Gasteiger partial charge on any atom is 0.0702 e. The van der Waals surface area contributed by atoms with E-state index in [0.717, 1.165) is 17.8 Å². The summed E-state index contributed by atoms with van der Waals surface area (Å²) in [5.74, 6) is 0. The Labute approximate surface area is 86.2 Å². The van der Waals surface area contributed by atoms with E-state index in [9.17, 15) is 0 Å². The summed E-state index contributed by atoms with van der Waals surface area (Å²) in [5, 5.41) is 9.17. The van der Waals surface area contributed by atoms with Gasteiger partial charge in [-0.05, 0) is 12.5 Å². The minimum Gasteiger partial charge on any atom is -0.392 e. The van der Waals surface area contributed by atoms with Crippen molar-refractivity contribution in [2.24, 2.45) is 0 Å². The van der Waals surface area contributed by atoms with Gasteiger partial charge in [-0.3, -0.25) is 0 Å². The third-order valence-corrected chi connectivity index (χ3v) is 2.42. The quantitative estimate of drug-likeness (QED) is 0.776. The molecule has 1 N–H and O–H groups in total. The molecule has 2 heteroatoms. The SMILES string of the molecule is CCCCN(C)c1ccccc1CO. The Morgan fingerprint density at radius 2 is 2.00 bits per heavy atom. The largest absolute Gasteiger partial charge is 0.392 e. The zero-order chi connectivity index (χ0) is 10.4. The van der Waals surface area contributed by atoms with Crippen LogP contribution in [0, 0.1) is 0 Å². The summed E-state index contributed by atoms with van der Waals surface area (Å²) < 4.78 is 0. The van der Waals surface area contributed by atoms with Crippen LogP contribution in [-0.2, 0) is 6.61 Å². The highest BCUT2D eigenvalue weighted by atomic mass is 16.3. The molecule has 0 aliphatic carbocycles. The number of nitrogens with zero attached hydrogens (tertiary/aromatic N) is 1. The first kappa shape index (κ1) is 11.1. The number of benzene rings is 1. The normalized spacial score (nSPS) is 10.2. The molecule has 1 rings (SSSR count). The molecule has 0 atom stereocenters. The van der Waals surface area contributed by atoms with Gasteiger partial charge in [-0.25, -0.2) is 0 Å². The van der Waals surface area contributed by atoms with E-state index < -0.39 is 0 Å². The summed E-state index contributed by atoms with van der Waals surface area (Å²) in [6, 6.07) is 8.00. The molecule has 2 nitrogen and oxygen atoms in total. The maximum absolute atomic E-state index is 9.17. The summed E-state index contributed by atoms with van der Waals surface area (Å²) in [7, 11) is 2.07. The first-order valence-corrected chi connectivity index (χ1v) is 5.19. The highest BCUT2D eigenvalue weighted by Crippen LogP contribution is 2.19. The lowest BCUT2D eigenvalue weighted by Gasteiger charge is -2.21. The molecule has 1 aromatic carbocycles. The van der Waals surface area contributed by atoms with Crippen LogP contribution in [0.4, 0.5) is 5.69 Å². The Bertz CT molecular complexity index is 273. The lowest BCUT2D eigenvalue weighted by molar-refractivity contribution is 0.282. The van der Waals surface area contributed by atoms with Crippen LogP contribution in [0.25, 0.3) is 0 Å². The van der Waals surface area contributed by atoms with Gasteiger partial charge in [0.25, 0.3) is 0 Å². The van der Waals surface area contributed by atoms with E-state index in [4.69, 9.17) is 5.11 Å². The minimum absolute atomic E-state index is 0.118. The predicted octanol–water partition coefficient (Wildman–Crippen LogP) is 2.42. The van der Waals surface area contributed by atoms with Crippen molar-refractivity contribution in [3.8, 4) is 0 Å². The third kappa shape index (κ3) is 2.74. The zero-order valence-corrected chi connectivity index (χ0v) is 9.03. The van der Waals surface area contributed by atoms with Crippen LogP contribution >= 0.6 is 0 Å². The Balaban J connectivity index is 2.72. The van der Waals surface area contributed by atoms with E-state index in [2.05, 4.69) is 24.9 Å². The molecule has 1 aromatic rings. The topological polar surface area (TPSA) is 23.5 Å². The Morgan fingerprint density at radius 3 is 2.64 bits per heavy atom. The smallest absolute Gasteiger partial charge is 0.0702 e. The molecule has 0 bridgehead atoms. The summed E-state index contributed by atoms with van der Waals surface area (Å²) in [6.07, 6.45) is 2.39. The van der Waals surface area contributed by atoms with Gasteiger partial charge < -0.3 is 10.0 Å². The van der Waals surface area contributed by atoms with Crippen molar-refractivity contribution in [2.75, 3.05) is 18.5 Å². The lowest BCUT2D eigenvalue weighted by Crippen LogP contribution is -2.19. The van der Waals surface area contributed by atoms with Gasteiger partial charge >= 0.3 is 0 Å². The van der Waals surface area contributed by atoms with E-state index >= 15 is 0 Å². The summed E-state index contributed by atoms with van der Waals surface area (Å²) in [4.78, 5) is 2.20. The molecule has 0 saturated carbocycles. The van der Waals surface area contributed by atoms with Gasteiger partial charge in [-0.1, -0.05) is 31.5 Å².